The minimum atomic E-state index is -0.554. The number of rotatable bonds is 7. The van der Waals surface area contributed by atoms with Gasteiger partial charge in [-0.05, 0) is 42.7 Å². The summed E-state index contributed by atoms with van der Waals surface area (Å²) in [6.45, 7) is 4.39. The van der Waals surface area contributed by atoms with Crippen molar-refractivity contribution in [3.8, 4) is 0 Å². The van der Waals surface area contributed by atoms with Crippen molar-refractivity contribution in [2.24, 2.45) is 0 Å². The van der Waals surface area contributed by atoms with Crippen LogP contribution in [-0.4, -0.2) is 36.7 Å². The lowest BCUT2D eigenvalue weighted by molar-refractivity contribution is 0.101. The van der Waals surface area contributed by atoms with Crippen molar-refractivity contribution < 1.29 is 14.3 Å². The van der Waals surface area contributed by atoms with Crippen LogP contribution in [0.2, 0.25) is 5.02 Å². The van der Waals surface area contributed by atoms with Crippen molar-refractivity contribution in [3.05, 3.63) is 64.7 Å². The Bertz CT molecular complexity index is 796. The molecule has 0 aliphatic carbocycles. The average Bonchev–Trinajstić information content (AvgIpc) is 2.67. The van der Waals surface area contributed by atoms with Crippen LogP contribution in [0.1, 0.15) is 25.0 Å². The third-order valence-corrected chi connectivity index (χ3v) is 4.55. The van der Waals surface area contributed by atoms with Gasteiger partial charge in [0.1, 0.15) is 6.10 Å². The SMILES string of the molecule is CCc1ccc(NC(=O)OC(C)CN(C)C(=O)NCc2ccccc2Cl)cc1. The molecular formula is C21H26ClN3O3. The lowest BCUT2D eigenvalue weighted by atomic mass is 10.1. The van der Waals surface area contributed by atoms with Crippen LogP contribution in [0.5, 0.6) is 0 Å². The Kier molecular flexibility index (Phi) is 8.14. The molecule has 0 saturated heterocycles. The molecule has 28 heavy (non-hydrogen) atoms. The summed E-state index contributed by atoms with van der Waals surface area (Å²) in [5.74, 6) is 0. The van der Waals surface area contributed by atoms with Crippen molar-refractivity contribution in [2.45, 2.75) is 32.9 Å². The second kappa shape index (κ2) is 10.6. The first-order chi connectivity index (χ1) is 13.4. The Hall–Kier alpha value is -2.73. The lowest BCUT2D eigenvalue weighted by Gasteiger charge is -2.22. The van der Waals surface area contributed by atoms with Crippen molar-refractivity contribution >= 4 is 29.4 Å². The summed E-state index contributed by atoms with van der Waals surface area (Å²) >= 11 is 6.08. The number of aryl methyl sites for hydroxylation is 1. The van der Waals surface area contributed by atoms with Crippen LogP contribution in [0.15, 0.2) is 48.5 Å². The van der Waals surface area contributed by atoms with Crippen molar-refractivity contribution in [1.82, 2.24) is 10.2 Å². The Morgan fingerprint density at radius 1 is 1.14 bits per heavy atom. The molecule has 7 heteroatoms. The second-order valence-electron chi connectivity index (χ2n) is 6.52. The third kappa shape index (κ3) is 6.78. The predicted octanol–water partition coefficient (Wildman–Crippen LogP) is 4.68. The summed E-state index contributed by atoms with van der Waals surface area (Å²) in [6, 6.07) is 14.6. The van der Waals surface area contributed by atoms with Crippen LogP contribution in [0.4, 0.5) is 15.3 Å². The van der Waals surface area contributed by atoms with E-state index in [9.17, 15) is 9.59 Å². The van der Waals surface area contributed by atoms with Gasteiger partial charge in [-0.15, -0.1) is 0 Å². The van der Waals surface area contributed by atoms with Gasteiger partial charge in [0.25, 0.3) is 0 Å². The molecule has 0 aliphatic rings. The summed E-state index contributed by atoms with van der Waals surface area (Å²) in [5.41, 5.74) is 2.70. The van der Waals surface area contributed by atoms with Gasteiger partial charge in [-0.1, -0.05) is 48.9 Å². The molecule has 0 heterocycles. The molecule has 2 rings (SSSR count). The van der Waals surface area contributed by atoms with Crippen LogP contribution in [-0.2, 0) is 17.7 Å². The fraction of sp³-hybridized carbons (Fsp3) is 0.333. The lowest BCUT2D eigenvalue weighted by Crippen LogP contribution is -2.41. The molecule has 2 N–H and O–H groups in total. The van der Waals surface area contributed by atoms with E-state index in [1.807, 2.05) is 42.5 Å². The maximum Gasteiger partial charge on any atom is 0.411 e. The van der Waals surface area contributed by atoms with E-state index in [1.54, 1.807) is 20.0 Å². The largest absolute Gasteiger partial charge is 0.444 e. The summed E-state index contributed by atoms with van der Waals surface area (Å²) in [5, 5.41) is 6.08. The van der Waals surface area contributed by atoms with E-state index < -0.39 is 12.2 Å². The molecule has 0 bridgehead atoms. The van der Waals surface area contributed by atoms with Gasteiger partial charge in [-0.3, -0.25) is 5.32 Å². The number of ether oxygens (including phenoxy) is 1. The Balaban J connectivity index is 1.75. The van der Waals surface area contributed by atoms with E-state index >= 15 is 0 Å². The third-order valence-electron chi connectivity index (χ3n) is 4.18. The summed E-state index contributed by atoms with van der Waals surface area (Å²) in [6.07, 6.45) is -0.0836. The zero-order valence-electron chi connectivity index (χ0n) is 16.4. The first kappa shape index (κ1) is 21.6. The summed E-state index contributed by atoms with van der Waals surface area (Å²) in [4.78, 5) is 25.7. The van der Waals surface area contributed by atoms with Crippen molar-refractivity contribution in [1.29, 1.82) is 0 Å². The van der Waals surface area contributed by atoms with E-state index in [1.165, 1.54) is 10.5 Å². The quantitative estimate of drug-likeness (QED) is 0.705. The van der Waals surface area contributed by atoms with E-state index in [2.05, 4.69) is 17.6 Å². The number of halogens is 1. The highest BCUT2D eigenvalue weighted by Gasteiger charge is 2.16. The first-order valence-corrected chi connectivity index (χ1v) is 9.55. The highest BCUT2D eigenvalue weighted by molar-refractivity contribution is 6.31. The maximum atomic E-state index is 12.2. The fourth-order valence-electron chi connectivity index (χ4n) is 2.61. The number of hydrogen-bond donors (Lipinski definition) is 2. The van der Waals surface area contributed by atoms with Crippen molar-refractivity contribution in [2.75, 3.05) is 18.9 Å². The number of urea groups is 1. The molecule has 0 fully saturated rings. The highest BCUT2D eigenvalue weighted by atomic mass is 35.5. The smallest absolute Gasteiger partial charge is 0.411 e. The first-order valence-electron chi connectivity index (χ1n) is 9.18. The van der Waals surface area contributed by atoms with Gasteiger partial charge in [0.2, 0.25) is 0 Å². The van der Waals surface area contributed by atoms with Gasteiger partial charge < -0.3 is 15.0 Å². The Labute approximate surface area is 170 Å². The van der Waals surface area contributed by atoms with E-state index in [4.69, 9.17) is 16.3 Å². The number of likely N-dealkylation sites (N-methyl/N-ethyl adjacent to an activating group) is 1. The molecule has 0 saturated carbocycles. The minimum absolute atomic E-state index is 0.260. The number of carbonyl (C=O) groups is 2. The van der Waals surface area contributed by atoms with Crippen LogP contribution < -0.4 is 10.6 Å². The van der Waals surface area contributed by atoms with Crippen LogP contribution in [0.3, 0.4) is 0 Å². The standard InChI is InChI=1S/C21H26ClN3O3/c1-4-16-9-11-18(12-10-16)24-21(27)28-15(2)14-25(3)20(26)23-13-17-7-5-6-8-19(17)22/h5-12,15H,4,13-14H2,1-3H3,(H,23,26)(H,24,27). The van der Waals surface area contributed by atoms with Gasteiger partial charge in [0.15, 0.2) is 0 Å². The number of hydrogen-bond acceptors (Lipinski definition) is 3. The fourth-order valence-corrected chi connectivity index (χ4v) is 2.81. The monoisotopic (exact) mass is 403 g/mol. The number of benzene rings is 2. The molecule has 1 unspecified atom stereocenters. The summed E-state index contributed by atoms with van der Waals surface area (Å²) < 4.78 is 5.32. The maximum absolute atomic E-state index is 12.2. The number of carbonyl (C=O) groups excluding carboxylic acids is 2. The van der Waals surface area contributed by atoms with Crippen LogP contribution in [0, 0.1) is 0 Å². The van der Waals surface area contributed by atoms with Gasteiger partial charge in [0, 0.05) is 24.3 Å². The van der Waals surface area contributed by atoms with Gasteiger partial charge in [0.05, 0.1) is 6.54 Å². The van der Waals surface area contributed by atoms with Gasteiger partial charge in [-0.2, -0.15) is 0 Å². The molecule has 2 aromatic carbocycles. The molecule has 150 valence electrons. The molecule has 0 spiro atoms. The van der Waals surface area contributed by atoms with Crippen LogP contribution in [0.25, 0.3) is 0 Å². The Morgan fingerprint density at radius 3 is 2.46 bits per heavy atom. The molecule has 3 amide bonds. The number of nitrogens with one attached hydrogen (secondary N) is 2. The van der Waals surface area contributed by atoms with Crippen LogP contribution >= 0.6 is 11.6 Å². The van der Waals surface area contributed by atoms with Gasteiger partial charge in [-0.25, -0.2) is 9.59 Å². The molecule has 1 atom stereocenters. The molecule has 0 aliphatic heterocycles. The zero-order valence-corrected chi connectivity index (χ0v) is 17.1. The number of nitrogens with zero attached hydrogens (tertiary/aromatic N) is 1. The second-order valence-corrected chi connectivity index (χ2v) is 6.93. The zero-order chi connectivity index (χ0) is 20.5. The molecule has 6 nitrogen and oxygen atoms in total. The van der Waals surface area contributed by atoms with Gasteiger partial charge >= 0.3 is 12.1 Å². The molecular weight excluding hydrogens is 378 g/mol. The minimum Gasteiger partial charge on any atom is -0.444 e. The molecule has 0 radical (unpaired) electrons. The van der Waals surface area contributed by atoms with E-state index in [-0.39, 0.29) is 12.6 Å². The molecule has 2 aromatic rings. The average molecular weight is 404 g/mol. The number of amides is 3. The predicted molar refractivity (Wildman–Crippen MR) is 112 cm³/mol. The molecule has 0 aromatic heterocycles. The topological polar surface area (TPSA) is 70.7 Å². The highest BCUT2D eigenvalue weighted by Crippen LogP contribution is 2.14. The normalized spacial score (nSPS) is 11.4. The summed E-state index contributed by atoms with van der Waals surface area (Å²) in [7, 11) is 1.64. The van der Waals surface area contributed by atoms with Crippen molar-refractivity contribution in [3.63, 3.8) is 0 Å². The van der Waals surface area contributed by atoms with E-state index in [0.717, 1.165) is 12.0 Å². The Morgan fingerprint density at radius 2 is 1.82 bits per heavy atom. The number of anilines is 1. The van der Waals surface area contributed by atoms with E-state index in [0.29, 0.717) is 17.3 Å².